The lowest BCUT2D eigenvalue weighted by atomic mass is 10.1. The summed E-state index contributed by atoms with van der Waals surface area (Å²) in [6, 6.07) is 14.9. The molecule has 2 aromatic rings. The molecular weight excluding hydrogens is 515 g/mol. The highest BCUT2D eigenvalue weighted by Crippen LogP contribution is 2.27. The molecule has 1 fully saturated rings. The third kappa shape index (κ3) is 8.16. The van der Waals surface area contributed by atoms with Crippen molar-refractivity contribution in [1.29, 1.82) is 0 Å². The second-order valence-corrected chi connectivity index (χ2v) is 7.85. The molecule has 32 heavy (non-hydrogen) atoms. The average Bonchev–Trinajstić information content (AvgIpc) is 2.81. The van der Waals surface area contributed by atoms with Gasteiger partial charge in [0.15, 0.2) is 17.5 Å². The number of methoxy groups -OCH3 is 1. The number of nitrogens with zero attached hydrogens (tertiary/aromatic N) is 2. The summed E-state index contributed by atoms with van der Waals surface area (Å²) in [7, 11) is 3.45. The van der Waals surface area contributed by atoms with Crippen LogP contribution in [0.4, 0.5) is 0 Å². The number of hydrogen-bond acceptors (Lipinski definition) is 4. The van der Waals surface area contributed by atoms with E-state index in [1.54, 1.807) is 14.2 Å². The molecule has 176 valence electrons. The Morgan fingerprint density at radius 3 is 2.16 bits per heavy atom. The molecule has 0 saturated carbocycles. The van der Waals surface area contributed by atoms with Crippen LogP contribution in [-0.4, -0.2) is 44.7 Å². The lowest BCUT2D eigenvalue weighted by molar-refractivity contribution is 0.221. The van der Waals surface area contributed by atoms with Crippen molar-refractivity contribution in [2.24, 2.45) is 4.99 Å². The number of benzene rings is 2. The largest absolute Gasteiger partial charge is 0.493 e. The van der Waals surface area contributed by atoms with Gasteiger partial charge in [-0.2, -0.15) is 0 Å². The molecule has 6 nitrogen and oxygen atoms in total. The third-order valence-electron chi connectivity index (χ3n) is 5.55. The fraction of sp³-hybridized carbons (Fsp3) is 0.480. The quantitative estimate of drug-likeness (QED) is 0.272. The van der Waals surface area contributed by atoms with Crippen molar-refractivity contribution in [3.63, 3.8) is 0 Å². The van der Waals surface area contributed by atoms with Crippen LogP contribution in [0.25, 0.3) is 0 Å². The topological polar surface area (TPSA) is 58.1 Å². The van der Waals surface area contributed by atoms with Gasteiger partial charge in [0.25, 0.3) is 0 Å². The molecule has 0 aliphatic carbocycles. The number of ether oxygens (including phenoxy) is 2. The molecule has 0 unspecified atom stereocenters. The zero-order valence-corrected chi connectivity index (χ0v) is 21.9. The van der Waals surface area contributed by atoms with E-state index < -0.39 is 0 Å². The van der Waals surface area contributed by atoms with Crippen LogP contribution in [0.15, 0.2) is 47.5 Å². The van der Waals surface area contributed by atoms with E-state index in [1.807, 2.05) is 25.1 Å². The van der Waals surface area contributed by atoms with Gasteiger partial charge in [-0.25, -0.2) is 0 Å². The minimum Gasteiger partial charge on any atom is -0.493 e. The molecule has 0 amide bonds. The summed E-state index contributed by atoms with van der Waals surface area (Å²) in [5, 5.41) is 6.75. The maximum Gasteiger partial charge on any atom is 0.191 e. The normalized spacial score (nSPS) is 14.4. The Hall–Kier alpha value is -2.00. The summed E-state index contributed by atoms with van der Waals surface area (Å²) in [6.07, 6.45) is 4.04. The first-order valence-corrected chi connectivity index (χ1v) is 11.3. The summed E-state index contributed by atoms with van der Waals surface area (Å²) < 4.78 is 11.0. The summed E-state index contributed by atoms with van der Waals surface area (Å²) in [4.78, 5) is 6.89. The van der Waals surface area contributed by atoms with Crippen LogP contribution in [0, 0.1) is 0 Å². The molecular formula is C25H37IN4O2. The van der Waals surface area contributed by atoms with E-state index in [1.165, 1.54) is 43.5 Å². The van der Waals surface area contributed by atoms with Crippen molar-refractivity contribution in [2.45, 2.75) is 45.8 Å². The van der Waals surface area contributed by atoms with Crippen molar-refractivity contribution < 1.29 is 9.47 Å². The molecule has 0 aromatic heterocycles. The van der Waals surface area contributed by atoms with Crippen molar-refractivity contribution in [2.75, 3.05) is 33.9 Å². The summed E-state index contributed by atoms with van der Waals surface area (Å²) >= 11 is 0. The maximum absolute atomic E-state index is 5.58. The Kier molecular flexibility index (Phi) is 11.7. The van der Waals surface area contributed by atoms with Crippen LogP contribution in [0.2, 0.25) is 0 Å². The molecule has 1 aliphatic rings. The van der Waals surface area contributed by atoms with Gasteiger partial charge in [0.05, 0.1) is 13.7 Å². The predicted molar refractivity (Wildman–Crippen MR) is 142 cm³/mol. The standard InChI is InChI=1S/C25H36N4O2.HI/c1-4-31-23-13-12-22(16-24(23)30-3)18-28-25(26-2)27-17-20-8-10-21(11-9-20)19-29-14-6-5-7-15-29;/h8-13,16H,4-7,14-15,17-19H2,1-3H3,(H2,26,27,28);1H. The minimum absolute atomic E-state index is 0. The number of nitrogens with one attached hydrogen (secondary N) is 2. The van der Waals surface area contributed by atoms with E-state index in [0.29, 0.717) is 13.2 Å². The highest BCUT2D eigenvalue weighted by molar-refractivity contribution is 14.0. The molecule has 2 N–H and O–H groups in total. The molecule has 0 spiro atoms. The maximum atomic E-state index is 5.58. The number of aliphatic imine (C=N–C) groups is 1. The van der Waals surface area contributed by atoms with Crippen LogP contribution in [0.5, 0.6) is 11.5 Å². The van der Waals surface area contributed by atoms with Gasteiger partial charge in [0.2, 0.25) is 0 Å². The van der Waals surface area contributed by atoms with Gasteiger partial charge in [0, 0.05) is 26.7 Å². The molecule has 1 heterocycles. The number of piperidine rings is 1. The Labute approximate surface area is 209 Å². The second-order valence-electron chi connectivity index (χ2n) is 7.85. The first-order chi connectivity index (χ1) is 15.2. The molecule has 2 aromatic carbocycles. The van der Waals surface area contributed by atoms with Gasteiger partial charge < -0.3 is 20.1 Å². The Morgan fingerprint density at radius 2 is 1.53 bits per heavy atom. The van der Waals surface area contributed by atoms with Crippen LogP contribution < -0.4 is 20.1 Å². The van der Waals surface area contributed by atoms with Gasteiger partial charge in [0.1, 0.15) is 0 Å². The zero-order valence-electron chi connectivity index (χ0n) is 19.5. The van der Waals surface area contributed by atoms with Gasteiger partial charge >= 0.3 is 0 Å². The SMILES string of the molecule is CCOc1ccc(CNC(=NC)NCc2ccc(CN3CCCCC3)cc2)cc1OC.I. The smallest absolute Gasteiger partial charge is 0.191 e. The number of hydrogen-bond donors (Lipinski definition) is 2. The van der Waals surface area contributed by atoms with Gasteiger partial charge in [-0.05, 0) is 61.7 Å². The molecule has 1 aliphatic heterocycles. The molecule has 3 rings (SSSR count). The van der Waals surface area contributed by atoms with Crippen molar-refractivity contribution in [1.82, 2.24) is 15.5 Å². The van der Waals surface area contributed by atoms with Crippen molar-refractivity contribution >= 4 is 29.9 Å². The van der Waals surface area contributed by atoms with E-state index in [4.69, 9.17) is 9.47 Å². The fourth-order valence-electron chi connectivity index (χ4n) is 3.83. The van der Waals surface area contributed by atoms with Crippen LogP contribution >= 0.6 is 24.0 Å². The first-order valence-electron chi connectivity index (χ1n) is 11.3. The van der Waals surface area contributed by atoms with E-state index in [2.05, 4.69) is 44.8 Å². The lowest BCUT2D eigenvalue weighted by Gasteiger charge is -2.26. The highest BCUT2D eigenvalue weighted by Gasteiger charge is 2.10. The predicted octanol–water partition coefficient (Wildman–Crippen LogP) is 4.56. The van der Waals surface area contributed by atoms with Crippen molar-refractivity contribution in [3.8, 4) is 11.5 Å². The van der Waals surface area contributed by atoms with E-state index in [-0.39, 0.29) is 24.0 Å². The Morgan fingerprint density at radius 1 is 0.906 bits per heavy atom. The highest BCUT2D eigenvalue weighted by atomic mass is 127. The van der Waals surface area contributed by atoms with Crippen LogP contribution in [0.3, 0.4) is 0 Å². The van der Waals surface area contributed by atoms with Gasteiger partial charge in [-0.15, -0.1) is 24.0 Å². The monoisotopic (exact) mass is 552 g/mol. The van der Waals surface area contributed by atoms with E-state index in [9.17, 15) is 0 Å². The van der Waals surface area contributed by atoms with E-state index in [0.717, 1.165) is 36.1 Å². The average molecular weight is 553 g/mol. The molecule has 0 bridgehead atoms. The second kappa shape index (κ2) is 14.2. The fourth-order valence-corrected chi connectivity index (χ4v) is 3.83. The summed E-state index contributed by atoms with van der Waals surface area (Å²) in [5.74, 6) is 2.28. The van der Waals surface area contributed by atoms with Crippen LogP contribution in [-0.2, 0) is 19.6 Å². The van der Waals surface area contributed by atoms with E-state index >= 15 is 0 Å². The number of likely N-dealkylation sites (tertiary alicyclic amines) is 1. The molecule has 0 atom stereocenters. The summed E-state index contributed by atoms with van der Waals surface area (Å²) in [5.41, 5.74) is 3.73. The Balaban J connectivity index is 0.00000363. The molecule has 0 radical (unpaired) electrons. The number of halogens is 1. The lowest BCUT2D eigenvalue weighted by Crippen LogP contribution is -2.36. The van der Waals surface area contributed by atoms with Gasteiger partial charge in [-0.3, -0.25) is 9.89 Å². The number of rotatable bonds is 9. The molecule has 1 saturated heterocycles. The zero-order chi connectivity index (χ0) is 21.9. The third-order valence-corrected chi connectivity index (χ3v) is 5.55. The minimum atomic E-state index is 0. The molecule has 7 heteroatoms. The number of guanidine groups is 1. The van der Waals surface area contributed by atoms with Crippen LogP contribution in [0.1, 0.15) is 42.9 Å². The summed E-state index contributed by atoms with van der Waals surface area (Å²) in [6.45, 7) is 7.48. The van der Waals surface area contributed by atoms with Gasteiger partial charge in [-0.1, -0.05) is 36.8 Å². The first kappa shape index (κ1) is 26.3. The Bertz CT molecular complexity index is 836. The van der Waals surface area contributed by atoms with Crippen molar-refractivity contribution in [3.05, 3.63) is 59.2 Å².